The molecule has 1 saturated carbocycles. The molecule has 3 amide bonds. The molecule has 26 heavy (non-hydrogen) atoms. The normalized spacial score (nSPS) is 13.5. The first-order valence-electron chi connectivity index (χ1n) is 9.61. The van der Waals surface area contributed by atoms with Crippen molar-refractivity contribution in [2.75, 3.05) is 11.9 Å². The van der Waals surface area contributed by atoms with Crippen molar-refractivity contribution in [1.29, 1.82) is 0 Å². The zero-order chi connectivity index (χ0) is 18.9. The van der Waals surface area contributed by atoms with E-state index in [1.165, 1.54) is 19.3 Å². The quantitative estimate of drug-likeness (QED) is 0.503. The van der Waals surface area contributed by atoms with Gasteiger partial charge >= 0.3 is 6.03 Å². The zero-order valence-electron chi connectivity index (χ0n) is 15.7. The Hall–Kier alpha value is -1.75. The van der Waals surface area contributed by atoms with Crippen molar-refractivity contribution >= 4 is 29.2 Å². The zero-order valence-corrected chi connectivity index (χ0v) is 16.5. The van der Waals surface area contributed by atoms with Gasteiger partial charge in [0.1, 0.15) is 0 Å². The molecule has 1 aliphatic carbocycles. The van der Waals surface area contributed by atoms with Gasteiger partial charge in [-0.2, -0.15) is 0 Å². The van der Waals surface area contributed by atoms with E-state index in [2.05, 4.69) is 29.8 Å². The van der Waals surface area contributed by atoms with Crippen LogP contribution in [0.1, 0.15) is 69.2 Å². The van der Waals surface area contributed by atoms with E-state index in [1.54, 1.807) is 18.2 Å². The smallest absolute Gasteiger partial charge is 0.319 e. The van der Waals surface area contributed by atoms with Gasteiger partial charge in [-0.25, -0.2) is 4.79 Å². The van der Waals surface area contributed by atoms with Crippen LogP contribution in [0.2, 0.25) is 5.02 Å². The average molecular weight is 380 g/mol. The number of nitrogens with one attached hydrogen (secondary N) is 3. The number of unbranched alkanes of at least 4 members (excludes halogenated alkanes) is 3. The van der Waals surface area contributed by atoms with Crippen molar-refractivity contribution in [2.45, 2.75) is 64.8 Å². The van der Waals surface area contributed by atoms with Crippen LogP contribution < -0.4 is 16.0 Å². The Kier molecular flexibility index (Phi) is 8.23. The summed E-state index contributed by atoms with van der Waals surface area (Å²) in [5.74, 6) is 0.567. The molecule has 2 rings (SSSR count). The minimum absolute atomic E-state index is 0.192. The molecule has 0 unspecified atom stereocenters. The largest absolute Gasteiger partial charge is 0.349 e. The molecule has 3 N–H and O–H groups in total. The number of rotatable bonds is 10. The fourth-order valence-corrected chi connectivity index (χ4v) is 2.88. The SMILES string of the molecule is CC(C)CCCCCCNC(=O)Nc1ccc(Cl)c(C(=O)NC2CC2)c1. The number of benzene rings is 1. The lowest BCUT2D eigenvalue weighted by Crippen LogP contribution is -2.30. The van der Waals surface area contributed by atoms with Gasteiger partial charge < -0.3 is 16.0 Å². The Morgan fingerprint density at radius 1 is 1.15 bits per heavy atom. The molecule has 5 nitrogen and oxygen atoms in total. The summed E-state index contributed by atoms with van der Waals surface area (Å²) in [6.45, 7) is 5.13. The molecule has 0 aliphatic heterocycles. The molecule has 0 spiro atoms. The Morgan fingerprint density at radius 3 is 2.58 bits per heavy atom. The van der Waals surface area contributed by atoms with E-state index in [1.807, 2.05) is 0 Å². The van der Waals surface area contributed by atoms with E-state index in [0.717, 1.165) is 31.6 Å². The van der Waals surface area contributed by atoms with Crippen molar-refractivity contribution in [2.24, 2.45) is 5.92 Å². The van der Waals surface area contributed by atoms with Crippen LogP contribution >= 0.6 is 11.6 Å². The molecule has 1 aromatic carbocycles. The highest BCUT2D eigenvalue weighted by Gasteiger charge is 2.24. The monoisotopic (exact) mass is 379 g/mol. The van der Waals surface area contributed by atoms with E-state index in [9.17, 15) is 9.59 Å². The van der Waals surface area contributed by atoms with Gasteiger partial charge in [-0.15, -0.1) is 0 Å². The third-order valence-electron chi connectivity index (χ3n) is 4.38. The summed E-state index contributed by atoms with van der Waals surface area (Å²) in [5.41, 5.74) is 0.950. The molecule has 0 bridgehead atoms. The lowest BCUT2D eigenvalue weighted by Gasteiger charge is -2.11. The number of anilines is 1. The first-order valence-corrected chi connectivity index (χ1v) is 9.98. The third kappa shape index (κ3) is 7.65. The Bertz CT molecular complexity index is 615. The fourth-order valence-electron chi connectivity index (χ4n) is 2.68. The molecule has 6 heteroatoms. The maximum Gasteiger partial charge on any atom is 0.319 e. The molecule has 1 aromatic rings. The van der Waals surface area contributed by atoms with Gasteiger partial charge in [0.15, 0.2) is 0 Å². The molecule has 144 valence electrons. The molecular weight excluding hydrogens is 350 g/mol. The van der Waals surface area contributed by atoms with Crippen molar-refractivity contribution < 1.29 is 9.59 Å². The number of amides is 3. The molecular formula is C20H30ClN3O2. The number of halogens is 1. The van der Waals surface area contributed by atoms with Gasteiger partial charge in [-0.3, -0.25) is 4.79 Å². The molecule has 0 saturated heterocycles. The summed E-state index contributed by atoms with van der Waals surface area (Å²) in [6.07, 6.45) is 7.85. The maximum absolute atomic E-state index is 12.2. The van der Waals surface area contributed by atoms with Crippen LogP contribution in [0.15, 0.2) is 18.2 Å². The van der Waals surface area contributed by atoms with E-state index in [4.69, 9.17) is 11.6 Å². The molecule has 0 atom stereocenters. The van der Waals surface area contributed by atoms with Gasteiger partial charge in [0.25, 0.3) is 5.91 Å². The highest BCUT2D eigenvalue weighted by molar-refractivity contribution is 6.34. The van der Waals surface area contributed by atoms with Crippen LogP contribution in [0.3, 0.4) is 0 Å². The number of carbonyl (C=O) groups excluding carboxylic acids is 2. The van der Waals surface area contributed by atoms with Crippen LogP contribution in [0.5, 0.6) is 0 Å². The van der Waals surface area contributed by atoms with Crippen molar-refractivity contribution in [3.8, 4) is 0 Å². The van der Waals surface area contributed by atoms with E-state index in [0.29, 0.717) is 22.8 Å². The van der Waals surface area contributed by atoms with E-state index >= 15 is 0 Å². The third-order valence-corrected chi connectivity index (χ3v) is 4.70. The van der Waals surface area contributed by atoms with Gasteiger partial charge in [0, 0.05) is 18.3 Å². The summed E-state index contributed by atoms with van der Waals surface area (Å²) in [7, 11) is 0. The summed E-state index contributed by atoms with van der Waals surface area (Å²) in [5, 5.41) is 8.90. The lowest BCUT2D eigenvalue weighted by atomic mass is 10.0. The van der Waals surface area contributed by atoms with Crippen LogP contribution in [0.25, 0.3) is 0 Å². The van der Waals surface area contributed by atoms with E-state index < -0.39 is 0 Å². The number of hydrogen-bond acceptors (Lipinski definition) is 2. The van der Waals surface area contributed by atoms with Crippen molar-refractivity contribution in [3.05, 3.63) is 28.8 Å². The minimum atomic E-state index is -0.261. The molecule has 0 heterocycles. The van der Waals surface area contributed by atoms with Gasteiger partial charge in [0.05, 0.1) is 10.6 Å². The summed E-state index contributed by atoms with van der Waals surface area (Å²) in [6, 6.07) is 4.95. The van der Waals surface area contributed by atoms with E-state index in [-0.39, 0.29) is 18.0 Å². The van der Waals surface area contributed by atoms with Crippen LogP contribution in [0, 0.1) is 5.92 Å². The maximum atomic E-state index is 12.2. The summed E-state index contributed by atoms with van der Waals surface area (Å²) in [4.78, 5) is 24.2. The lowest BCUT2D eigenvalue weighted by molar-refractivity contribution is 0.0951. The Morgan fingerprint density at radius 2 is 1.88 bits per heavy atom. The van der Waals surface area contributed by atoms with Gasteiger partial charge in [-0.1, -0.05) is 51.1 Å². The molecule has 1 fully saturated rings. The number of urea groups is 1. The minimum Gasteiger partial charge on any atom is -0.349 e. The average Bonchev–Trinajstić information content (AvgIpc) is 3.39. The molecule has 0 aromatic heterocycles. The first kappa shape index (κ1) is 20.6. The van der Waals surface area contributed by atoms with Crippen molar-refractivity contribution in [3.63, 3.8) is 0 Å². The van der Waals surface area contributed by atoms with Crippen LogP contribution in [-0.4, -0.2) is 24.5 Å². The highest BCUT2D eigenvalue weighted by Crippen LogP contribution is 2.24. The Balaban J connectivity index is 1.70. The fraction of sp³-hybridized carbons (Fsp3) is 0.600. The first-order chi connectivity index (χ1) is 12.5. The number of carbonyl (C=O) groups is 2. The summed E-state index contributed by atoms with van der Waals surface area (Å²) < 4.78 is 0. The Labute approximate surface area is 161 Å². The second kappa shape index (κ2) is 10.4. The predicted molar refractivity (Wildman–Crippen MR) is 107 cm³/mol. The second-order valence-electron chi connectivity index (χ2n) is 7.42. The second-order valence-corrected chi connectivity index (χ2v) is 7.83. The number of hydrogen-bond donors (Lipinski definition) is 3. The topological polar surface area (TPSA) is 70.2 Å². The van der Waals surface area contributed by atoms with Gasteiger partial charge in [-0.05, 0) is 43.4 Å². The van der Waals surface area contributed by atoms with Crippen LogP contribution in [0.4, 0.5) is 10.5 Å². The molecule has 1 aliphatic rings. The molecule has 0 radical (unpaired) electrons. The predicted octanol–water partition coefficient (Wildman–Crippen LogP) is 4.96. The van der Waals surface area contributed by atoms with Crippen molar-refractivity contribution in [1.82, 2.24) is 10.6 Å². The standard InChI is InChI=1S/C20H30ClN3O2/c1-14(2)7-5-3-4-6-12-22-20(26)24-16-10-11-18(21)17(13-16)19(25)23-15-8-9-15/h10-11,13-15H,3-9,12H2,1-2H3,(H,23,25)(H2,22,24,26). The highest BCUT2D eigenvalue weighted by atomic mass is 35.5. The van der Waals surface area contributed by atoms with Crippen LogP contribution in [-0.2, 0) is 0 Å². The van der Waals surface area contributed by atoms with Gasteiger partial charge in [0.2, 0.25) is 0 Å². The summed E-state index contributed by atoms with van der Waals surface area (Å²) >= 11 is 6.11.